The molecule has 2 rings (SSSR count). The molecule has 90 valence electrons. The highest BCUT2D eigenvalue weighted by Crippen LogP contribution is 2.22. The number of amides is 1. The molecule has 0 saturated heterocycles. The highest BCUT2D eigenvalue weighted by molar-refractivity contribution is 5.91. The van der Waals surface area contributed by atoms with Gasteiger partial charge in [0.25, 0.3) is 0 Å². The van der Waals surface area contributed by atoms with Crippen LogP contribution in [0, 0.1) is 5.92 Å². The van der Waals surface area contributed by atoms with Crippen molar-refractivity contribution in [1.82, 2.24) is 0 Å². The maximum absolute atomic E-state index is 11.9. The summed E-state index contributed by atoms with van der Waals surface area (Å²) in [4.78, 5) is 11.9. The number of rotatable bonds is 4. The number of benzene rings is 1. The third kappa shape index (κ3) is 3.19. The molecule has 17 heavy (non-hydrogen) atoms. The van der Waals surface area contributed by atoms with Gasteiger partial charge in [-0.25, -0.2) is 0 Å². The molecule has 1 atom stereocenters. The molecule has 1 unspecified atom stereocenters. The zero-order valence-corrected chi connectivity index (χ0v) is 10.3. The highest BCUT2D eigenvalue weighted by atomic mass is 16.1. The van der Waals surface area contributed by atoms with Gasteiger partial charge in [0.2, 0.25) is 5.91 Å². The van der Waals surface area contributed by atoms with Crippen molar-refractivity contribution in [2.24, 2.45) is 5.92 Å². The number of aryl methyl sites for hydroxylation is 1. The molecule has 2 nitrogen and oxygen atoms in total. The van der Waals surface area contributed by atoms with E-state index in [-0.39, 0.29) is 5.91 Å². The fourth-order valence-electron chi connectivity index (χ4n) is 2.26. The SMILES string of the molecule is CCc1ccccc1NC(=O)CC1C=CCC1. The Kier molecular flexibility index (Phi) is 3.97. The first-order valence-corrected chi connectivity index (χ1v) is 6.34. The predicted molar refractivity (Wildman–Crippen MR) is 70.9 cm³/mol. The van der Waals surface area contributed by atoms with Gasteiger partial charge < -0.3 is 5.32 Å². The summed E-state index contributed by atoms with van der Waals surface area (Å²) in [5.74, 6) is 0.561. The van der Waals surface area contributed by atoms with Gasteiger partial charge in [-0.2, -0.15) is 0 Å². The second kappa shape index (κ2) is 5.67. The maximum atomic E-state index is 11.9. The molecule has 1 aliphatic rings. The Morgan fingerprint density at radius 2 is 2.24 bits per heavy atom. The lowest BCUT2D eigenvalue weighted by Crippen LogP contribution is -2.15. The van der Waals surface area contributed by atoms with Crippen molar-refractivity contribution < 1.29 is 4.79 Å². The summed E-state index contributed by atoms with van der Waals surface area (Å²) in [6.07, 6.45) is 8.10. The summed E-state index contributed by atoms with van der Waals surface area (Å²) >= 11 is 0. The number of para-hydroxylation sites is 1. The van der Waals surface area contributed by atoms with E-state index in [0.29, 0.717) is 12.3 Å². The molecule has 0 bridgehead atoms. The molecule has 1 amide bonds. The van der Waals surface area contributed by atoms with Gasteiger partial charge in [-0.15, -0.1) is 0 Å². The van der Waals surface area contributed by atoms with E-state index in [0.717, 1.165) is 24.9 Å². The Morgan fingerprint density at radius 3 is 2.94 bits per heavy atom. The van der Waals surface area contributed by atoms with Gasteiger partial charge >= 0.3 is 0 Å². The molecular formula is C15H19NO. The van der Waals surface area contributed by atoms with Crippen LogP contribution < -0.4 is 5.32 Å². The van der Waals surface area contributed by atoms with Gasteiger partial charge in [-0.3, -0.25) is 4.79 Å². The molecule has 0 spiro atoms. The number of anilines is 1. The molecule has 0 radical (unpaired) electrons. The normalized spacial score (nSPS) is 18.3. The lowest BCUT2D eigenvalue weighted by molar-refractivity contribution is -0.116. The highest BCUT2D eigenvalue weighted by Gasteiger charge is 2.14. The van der Waals surface area contributed by atoms with E-state index in [9.17, 15) is 4.79 Å². The van der Waals surface area contributed by atoms with Crippen LogP contribution in [0.25, 0.3) is 0 Å². The lowest BCUT2D eigenvalue weighted by Gasteiger charge is -2.11. The topological polar surface area (TPSA) is 29.1 Å². The van der Waals surface area contributed by atoms with Gasteiger partial charge in [0.1, 0.15) is 0 Å². The average Bonchev–Trinajstić information content (AvgIpc) is 2.82. The predicted octanol–water partition coefficient (Wildman–Crippen LogP) is 3.54. The molecule has 0 saturated carbocycles. The van der Waals surface area contributed by atoms with Gasteiger partial charge in [0, 0.05) is 12.1 Å². The summed E-state index contributed by atoms with van der Waals surface area (Å²) in [6, 6.07) is 8.00. The minimum absolute atomic E-state index is 0.127. The lowest BCUT2D eigenvalue weighted by atomic mass is 10.0. The van der Waals surface area contributed by atoms with Gasteiger partial charge in [-0.1, -0.05) is 37.3 Å². The number of allylic oxidation sites excluding steroid dienone is 2. The number of nitrogens with one attached hydrogen (secondary N) is 1. The van der Waals surface area contributed by atoms with Crippen molar-refractivity contribution in [3.63, 3.8) is 0 Å². The van der Waals surface area contributed by atoms with E-state index in [1.54, 1.807) is 0 Å². The van der Waals surface area contributed by atoms with Crippen LogP contribution in [0.5, 0.6) is 0 Å². The summed E-state index contributed by atoms with van der Waals surface area (Å²) in [5.41, 5.74) is 2.16. The van der Waals surface area contributed by atoms with Crippen LogP contribution in [-0.2, 0) is 11.2 Å². The van der Waals surface area contributed by atoms with Crippen molar-refractivity contribution in [3.8, 4) is 0 Å². The van der Waals surface area contributed by atoms with Crippen molar-refractivity contribution in [2.75, 3.05) is 5.32 Å². The molecule has 1 N–H and O–H groups in total. The summed E-state index contributed by atoms with van der Waals surface area (Å²) in [5, 5.41) is 3.02. The first kappa shape index (κ1) is 11.9. The number of hydrogen-bond donors (Lipinski definition) is 1. The van der Waals surface area contributed by atoms with Crippen LogP contribution in [-0.4, -0.2) is 5.91 Å². The Labute approximate surface area is 103 Å². The van der Waals surface area contributed by atoms with Crippen LogP contribution in [0.15, 0.2) is 36.4 Å². The monoisotopic (exact) mass is 229 g/mol. The standard InChI is InChI=1S/C15H19NO/c1-2-13-9-5-6-10-14(13)16-15(17)11-12-7-3-4-8-12/h3,5-7,9-10,12H,2,4,8,11H2,1H3,(H,16,17). The Balaban J connectivity index is 1.95. The van der Waals surface area contributed by atoms with E-state index >= 15 is 0 Å². The summed E-state index contributed by atoms with van der Waals surface area (Å²) in [6.45, 7) is 2.10. The van der Waals surface area contributed by atoms with E-state index in [1.807, 2.05) is 18.2 Å². The van der Waals surface area contributed by atoms with Gasteiger partial charge in [0.05, 0.1) is 0 Å². The molecule has 1 aromatic rings. The number of carbonyl (C=O) groups is 1. The van der Waals surface area contributed by atoms with Crippen LogP contribution in [0.1, 0.15) is 31.7 Å². The Hall–Kier alpha value is -1.57. The summed E-state index contributed by atoms with van der Waals surface area (Å²) < 4.78 is 0. The van der Waals surface area contributed by atoms with Crippen LogP contribution in [0.2, 0.25) is 0 Å². The minimum Gasteiger partial charge on any atom is -0.326 e. The molecule has 2 heteroatoms. The molecule has 0 aromatic heterocycles. The second-order valence-corrected chi connectivity index (χ2v) is 4.53. The average molecular weight is 229 g/mol. The molecule has 1 aromatic carbocycles. The fraction of sp³-hybridized carbons (Fsp3) is 0.400. The molecule has 0 aliphatic heterocycles. The number of carbonyl (C=O) groups excluding carboxylic acids is 1. The molecular weight excluding hydrogens is 210 g/mol. The quantitative estimate of drug-likeness (QED) is 0.786. The van der Waals surface area contributed by atoms with E-state index in [1.165, 1.54) is 5.56 Å². The van der Waals surface area contributed by atoms with Crippen LogP contribution in [0.3, 0.4) is 0 Å². The Bertz CT molecular complexity index is 423. The first-order valence-electron chi connectivity index (χ1n) is 6.34. The van der Waals surface area contributed by atoms with Gasteiger partial charge in [0.15, 0.2) is 0 Å². The largest absolute Gasteiger partial charge is 0.326 e. The zero-order chi connectivity index (χ0) is 12.1. The van der Waals surface area contributed by atoms with Crippen LogP contribution >= 0.6 is 0 Å². The van der Waals surface area contributed by atoms with Crippen molar-refractivity contribution >= 4 is 11.6 Å². The zero-order valence-electron chi connectivity index (χ0n) is 10.3. The smallest absolute Gasteiger partial charge is 0.224 e. The Morgan fingerprint density at radius 1 is 1.41 bits per heavy atom. The first-order chi connectivity index (χ1) is 8.29. The third-order valence-corrected chi connectivity index (χ3v) is 3.23. The van der Waals surface area contributed by atoms with E-state index in [4.69, 9.17) is 0 Å². The van der Waals surface area contributed by atoms with Gasteiger partial charge in [-0.05, 0) is 36.8 Å². The number of hydrogen-bond acceptors (Lipinski definition) is 1. The third-order valence-electron chi connectivity index (χ3n) is 3.23. The van der Waals surface area contributed by atoms with Crippen molar-refractivity contribution in [1.29, 1.82) is 0 Å². The van der Waals surface area contributed by atoms with Crippen molar-refractivity contribution in [3.05, 3.63) is 42.0 Å². The minimum atomic E-state index is 0.127. The second-order valence-electron chi connectivity index (χ2n) is 4.53. The molecule has 0 heterocycles. The van der Waals surface area contributed by atoms with Crippen molar-refractivity contribution in [2.45, 2.75) is 32.6 Å². The molecule has 1 aliphatic carbocycles. The maximum Gasteiger partial charge on any atom is 0.224 e. The summed E-state index contributed by atoms with van der Waals surface area (Å²) in [7, 11) is 0. The van der Waals surface area contributed by atoms with Crippen LogP contribution in [0.4, 0.5) is 5.69 Å². The molecule has 0 fully saturated rings. The van der Waals surface area contributed by atoms with E-state index < -0.39 is 0 Å². The fourth-order valence-corrected chi connectivity index (χ4v) is 2.26. The van der Waals surface area contributed by atoms with E-state index in [2.05, 4.69) is 30.5 Å².